The molecule has 282 valence electrons. The average Bonchev–Trinajstić information content (AvgIpc) is 3.72. The molecule has 2 nitrogen and oxygen atoms in total. The minimum Gasteiger partial charge on any atom is -0.252 e. The topological polar surface area (TPSA) is 25.8 Å². The second-order valence-electron chi connectivity index (χ2n) is 16.0. The van der Waals surface area contributed by atoms with E-state index in [0.29, 0.717) is 0 Å². The average molecular weight is 791 g/mol. The summed E-state index contributed by atoms with van der Waals surface area (Å²) in [6.07, 6.45) is 3.58. The standard InChI is InChI=1S/C58H34N2S/c1-2-13-38-37(12-1)36(35-24-25-51-54(34-35)43-18-7-8-20-50(43)56-57(51)60-33-32-59-56)26-27-44(38)45-28-29-46(40-15-4-3-14-39(40)45)47-30-31-48(42-17-6-5-16-41(42)47)52-21-11-22-53-49-19-9-10-23-55(49)61-58(52)53/h1-34H. The first kappa shape index (κ1) is 34.2. The van der Waals surface area contributed by atoms with E-state index in [2.05, 4.69) is 194 Å². The van der Waals surface area contributed by atoms with Gasteiger partial charge in [0.15, 0.2) is 0 Å². The Morgan fingerprint density at radius 1 is 0.262 bits per heavy atom. The minimum absolute atomic E-state index is 0.937. The van der Waals surface area contributed by atoms with Crippen molar-refractivity contribution in [1.29, 1.82) is 0 Å². The Kier molecular flexibility index (Phi) is 7.51. The monoisotopic (exact) mass is 790 g/mol. The van der Waals surface area contributed by atoms with E-state index in [1.54, 1.807) is 12.4 Å². The molecule has 0 aliphatic rings. The third-order valence-corrected chi connectivity index (χ3v) is 14.0. The van der Waals surface area contributed by atoms with Crippen molar-refractivity contribution in [3.05, 3.63) is 207 Å². The van der Waals surface area contributed by atoms with Crippen LogP contribution in [0.5, 0.6) is 0 Å². The van der Waals surface area contributed by atoms with Gasteiger partial charge in [-0.1, -0.05) is 182 Å². The summed E-state index contributed by atoms with van der Waals surface area (Å²) in [6, 6.07) is 71.6. The number of hydrogen-bond acceptors (Lipinski definition) is 3. The molecule has 0 fully saturated rings. The highest BCUT2D eigenvalue weighted by atomic mass is 32.1. The van der Waals surface area contributed by atoms with E-state index >= 15 is 0 Å². The molecule has 0 atom stereocenters. The Morgan fingerprint density at radius 2 is 0.672 bits per heavy atom. The zero-order chi connectivity index (χ0) is 40.0. The van der Waals surface area contributed by atoms with Crippen LogP contribution in [-0.4, -0.2) is 9.97 Å². The molecule has 61 heavy (non-hydrogen) atoms. The Bertz CT molecular complexity index is 3920. The number of thiophene rings is 1. The molecule has 0 saturated heterocycles. The van der Waals surface area contributed by atoms with Crippen LogP contribution in [0.15, 0.2) is 207 Å². The summed E-state index contributed by atoms with van der Waals surface area (Å²) in [5.74, 6) is 0. The van der Waals surface area contributed by atoms with Crippen LogP contribution in [0.3, 0.4) is 0 Å². The molecule has 13 aromatic rings. The van der Waals surface area contributed by atoms with Gasteiger partial charge in [0.05, 0.1) is 11.0 Å². The van der Waals surface area contributed by atoms with Crippen LogP contribution >= 0.6 is 11.3 Å². The largest absolute Gasteiger partial charge is 0.252 e. The predicted molar refractivity (Wildman–Crippen MR) is 262 cm³/mol. The van der Waals surface area contributed by atoms with Crippen LogP contribution in [0, 0.1) is 0 Å². The predicted octanol–water partition coefficient (Wildman–Crippen LogP) is 16.4. The van der Waals surface area contributed by atoms with Gasteiger partial charge in [-0.15, -0.1) is 11.3 Å². The van der Waals surface area contributed by atoms with E-state index in [1.165, 1.54) is 108 Å². The Hall–Kier alpha value is -7.72. The number of hydrogen-bond donors (Lipinski definition) is 0. The lowest BCUT2D eigenvalue weighted by atomic mass is 9.86. The fraction of sp³-hybridized carbons (Fsp3) is 0. The Labute approximate surface area is 355 Å². The third-order valence-electron chi connectivity index (χ3n) is 12.8. The molecule has 0 radical (unpaired) electrons. The summed E-state index contributed by atoms with van der Waals surface area (Å²) in [5, 5.41) is 14.7. The number of nitrogens with zero attached hydrogens (tertiary/aromatic N) is 2. The first-order valence-electron chi connectivity index (χ1n) is 20.8. The molecular formula is C58H34N2S. The van der Waals surface area contributed by atoms with Gasteiger partial charge in [-0.3, -0.25) is 9.97 Å². The maximum Gasteiger partial charge on any atom is 0.0971 e. The maximum atomic E-state index is 4.79. The van der Waals surface area contributed by atoms with Gasteiger partial charge in [0.1, 0.15) is 0 Å². The van der Waals surface area contributed by atoms with Gasteiger partial charge in [-0.05, 0) is 94.2 Å². The highest BCUT2D eigenvalue weighted by Gasteiger charge is 2.19. The zero-order valence-corrected chi connectivity index (χ0v) is 33.7. The van der Waals surface area contributed by atoms with Crippen LogP contribution in [0.25, 0.3) is 130 Å². The van der Waals surface area contributed by atoms with Gasteiger partial charge in [0.2, 0.25) is 0 Å². The van der Waals surface area contributed by atoms with E-state index in [1.807, 2.05) is 11.3 Å². The van der Waals surface area contributed by atoms with Crippen molar-refractivity contribution in [2.75, 3.05) is 0 Å². The number of benzene rings is 11. The molecule has 0 amide bonds. The van der Waals surface area contributed by atoms with E-state index in [4.69, 9.17) is 9.97 Å². The van der Waals surface area contributed by atoms with Crippen molar-refractivity contribution >= 4 is 96.4 Å². The Balaban J connectivity index is 0.965. The van der Waals surface area contributed by atoms with E-state index in [9.17, 15) is 0 Å². The molecular weight excluding hydrogens is 757 g/mol. The lowest BCUT2D eigenvalue weighted by molar-refractivity contribution is 1.31. The fourth-order valence-electron chi connectivity index (χ4n) is 10.1. The summed E-state index contributed by atoms with van der Waals surface area (Å²) < 4.78 is 2.67. The molecule has 0 aliphatic carbocycles. The van der Waals surface area contributed by atoms with Crippen molar-refractivity contribution in [2.24, 2.45) is 0 Å². The number of aromatic nitrogens is 2. The lowest BCUT2D eigenvalue weighted by Crippen LogP contribution is -1.91. The van der Waals surface area contributed by atoms with Crippen molar-refractivity contribution in [3.8, 4) is 44.5 Å². The van der Waals surface area contributed by atoms with Gasteiger partial charge in [-0.25, -0.2) is 0 Å². The van der Waals surface area contributed by atoms with Crippen LogP contribution in [0.1, 0.15) is 0 Å². The maximum absolute atomic E-state index is 4.79. The molecule has 0 N–H and O–H groups in total. The van der Waals surface area contributed by atoms with E-state index in [0.717, 1.165) is 21.8 Å². The van der Waals surface area contributed by atoms with Crippen LogP contribution in [-0.2, 0) is 0 Å². The molecule has 0 aliphatic heterocycles. The second-order valence-corrected chi connectivity index (χ2v) is 17.0. The molecule has 2 aromatic heterocycles. The van der Waals surface area contributed by atoms with Crippen LogP contribution in [0.2, 0.25) is 0 Å². The van der Waals surface area contributed by atoms with Gasteiger partial charge in [0.25, 0.3) is 0 Å². The van der Waals surface area contributed by atoms with Gasteiger partial charge in [0, 0.05) is 48.9 Å². The summed E-state index contributed by atoms with van der Waals surface area (Å²) >= 11 is 1.89. The molecule has 13 rings (SSSR count). The molecule has 0 spiro atoms. The first-order chi connectivity index (χ1) is 30.3. The quantitative estimate of drug-likeness (QED) is 0.166. The van der Waals surface area contributed by atoms with Crippen LogP contribution in [0.4, 0.5) is 0 Å². The van der Waals surface area contributed by atoms with E-state index in [-0.39, 0.29) is 0 Å². The first-order valence-corrected chi connectivity index (χ1v) is 21.6. The summed E-state index contributed by atoms with van der Waals surface area (Å²) in [4.78, 5) is 9.54. The van der Waals surface area contributed by atoms with Crippen molar-refractivity contribution in [3.63, 3.8) is 0 Å². The van der Waals surface area contributed by atoms with Gasteiger partial charge < -0.3 is 0 Å². The summed E-state index contributed by atoms with van der Waals surface area (Å²) in [6.45, 7) is 0. The lowest BCUT2D eigenvalue weighted by Gasteiger charge is -2.18. The van der Waals surface area contributed by atoms with Crippen molar-refractivity contribution < 1.29 is 0 Å². The second kappa shape index (κ2) is 13.4. The number of fused-ring (bicyclic) bond motifs is 12. The molecule has 2 heterocycles. The SMILES string of the molecule is c1ccc2c(c1)sc1c(-c3ccc(-c4ccc(-c5ccc(-c6ccc7c(c6)c6ccccc6c6nccnc76)c6ccccc56)c5ccccc45)c4ccccc34)cccc12. The highest BCUT2D eigenvalue weighted by Crippen LogP contribution is 2.46. The molecule has 0 bridgehead atoms. The van der Waals surface area contributed by atoms with Gasteiger partial charge >= 0.3 is 0 Å². The van der Waals surface area contributed by atoms with Crippen molar-refractivity contribution in [1.82, 2.24) is 9.97 Å². The molecule has 3 heteroatoms. The molecule has 11 aromatic carbocycles. The zero-order valence-electron chi connectivity index (χ0n) is 32.9. The third kappa shape index (κ3) is 5.14. The fourth-order valence-corrected chi connectivity index (χ4v) is 11.3. The summed E-state index contributed by atoms with van der Waals surface area (Å²) in [5.41, 5.74) is 11.8. The normalized spacial score (nSPS) is 11.9. The molecule has 0 saturated carbocycles. The minimum atomic E-state index is 0.937. The number of rotatable bonds is 4. The van der Waals surface area contributed by atoms with Crippen molar-refractivity contribution in [2.45, 2.75) is 0 Å². The molecule has 0 unspecified atom stereocenters. The highest BCUT2D eigenvalue weighted by molar-refractivity contribution is 7.26. The van der Waals surface area contributed by atoms with E-state index < -0.39 is 0 Å². The smallest absolute Gasteiger partial charge is 0.0971 e. The Morgan fingerprint density at radius 3 is 1.23 bits per heavy atom. The summed E-state index contributed by atoms with van der Waals surface area (Å²) in [7, 11) is 0. The van der Waals surface area contributed by atoms with Gasteiger partial charge in [-0.2, -0.15) is 0 Å². The van der Waals surface area contributed by atoms with Crippen LogP contribution < -0.4 is 0 Å².